The molecule has 0 amide bonds. The summed E-state index contributed by atoms with van der Waals surface area (Å²) in [6.45, 7) is 6.25. The van der Waals surface area contributed by atoms with E-state index in [0.717, 1.165) is 17.8 Å². The normalized spacial score (nSPS) is 11.8. The molecule has 0 radical (unpaired) electrons. The second kappa shape index (κ2) is 7.18. The van der Waals surface area contributed by atoms with Gasteiger partial charge >= 0.3 is 0 Å². The highest BCUT2D eigenvalue weighted by Crippen LogP contribution is 2.17. The van der Waals surface area contributed by atoms with Crippen LogP contribution >= 0.6 is 12.2 Å². The Balaban J connectivity index is 1.99. The summed E-state index contributed by atoms with van der Waals surface area (Å²) in [5, 5.41) is 7.07. The summed E-state index contributed by atoms with van der Waals surface area (Å²) in [6, 6.07) is 12.7. The molecule has 4 heteroatoms. The highest BCUT2D eigenvalue weighted by molar-refractivity contribution is 7.80. The van der Waals surface area contributed by atoms with Gasteiger partial charge in [-0.1, -0.05) is 42.8 Å². The van der Waals surface area contributed by atoms with Crippen molar-refractivity contribution in [2.45, 2.75) is 33.2 Å². The van der Waals surface area contributed by atoms with Crippen LogP contribution in [0.15, 0.2) is 42.6 Å². The lowest BCUT2D eigenvalue weighted by atomic mass is 10.0. The third-order valence-electron chi connectivity index (χ3n) is 3.35. The van der Waals surface area contributed by atoms with Crippen LogP contribution in [0.4, 0.5) is 5.82 Å². The smallest absolute Gasteiger partial charge is 0.172 e. The van der Waals surface area contributed by atoms with Crippen molar-refractivity contribution in [2.75, 3.05) is 5.32 Å². The number of aromatic nitrogens is 1. The Morgan fingerprint density at radius 1 is 1.10 bits per heavy atom. The zero-order chi connectivity index (χ0) is 15.2. The number of thiocarbonyl (C=S) groups is 1. The van der Waals surface area contributed by atoms with Gasteiger partial charge in [-0.15, -0.1) is 0 Å². The molecule has 2 N–H and O–H groups in total. The molecule has 21 heavy (non-hydrogen) atoms. The average molecular weight is 299 g/mol. The molecule has 0 aliphatic carbocycles. The van der Waals surface area contributed by atoms with E-state index >= 15 is 0 Å². The third kappa shape index (κ3) is 4.53. The van der Waals surface area contributed by atoms with E-state index < -0.39 is 0 Å². The van der Waals surface area contributed by atoms with Gasteiger partial charge in [-0.2, -0.15) is 0 Å². The van der Waals surface area contributed by atoms with Crippen LogP contribution in [0.3, 0.4) is 0 Å². The zero-order valence-electron chi connectivity index (χ0n) is 12.7. The standard InChI is InChI=1S/C17H21N3S/c1-4-15(14-8-5-12(2)6-9-14)19-17(21)20-16-10-7-13(3)11-18-16/h5-11,15H,4H2,1-3H3,(H2,18,19,20,21)/t15-/m1/s1. The van der Waals surface area contributed by atoms with Crippen molar-refractivity contribution >= 4 is 23.1 Å². The van der Waals surface area contributed by atoms with Crippen LogP contribution in [-0.4, -0.2) is 10.1 Å². The largest absolute Gasteiger partial charge is 0.356 e. The maximum atomic E-state index is 5.37. The number of nitrogens with zero attached hydrogens (tertiary/aromatic N) is 1. The number of nitrogens with one attached hydrogen (secondary N) is 2. The molecule has 0 spiro atoms. The molecule has 2 aromatic rings. The minimum atomic E-state index is 0.205. The van der Waals surface area contributed by atoms with Gasteiger partial charge in [0.2, 0.25) is 0 Å². The fraction of sp³-hybridized carbons (Fsp3) is 0.294. The molecule has 0 saturated heterocycles. The molecular weight excluding hydrogens is 278 g/mol. The zero-order valence-corrected chi connectivity index (χ0v) is 13.5. The topological polar surface area (TPSA) is 37.0 Å². The first-order valence-electron chi connectivity index (χ1n) is 7.15. The number of rotatable bonds is 4. The molecule has 3 nitrogen and oxygen atoms in total. The van der Waals surface area contributed by atoms with Gasteiger partial charge in [-0.3, -0.25) is 0 Å². The van der Waals surface area contributed by atoms with Crippen molar-refractivity contribution in [3.8, 4) is 0 Å². The number of benzene rings is 1. The predicted molar refractivity (Wildman–Crippen MR) is 92.5 cm³/mol. The van der Waals surface area contributed by atoms with Gasteiger partial charge in [-0.05, 0) is 49.7 Å². The lowest BCUT2D eigenvalue weighted by Gasteiger charge is -2.20. The summed E-state index contributed by atoms with van der Waals surface area (Å²) in [5.41, 5.74) is 3.63. The molecule has 0 aliphatic heterocycles. The van der Waals surface area contributed by atoms with Crippen LogP contribution in [0.2, 0.25) is 0 Å². The number of hydrogen-bond acceptors (Lipinski definition) is 2. The van der Waals surface area contributed by atoms with E-state index in [1.807, 2.05) is 25.3 Å². The Kier molecular flexibility index (Phi) is 5.28. The number of hydrogen-bond donors (Lipinski definition) is 2. The molecule has 110 valence electrons. The quantitative estimate of drug-likeness (QED) is 0.832. The Morgan fingerprint density at radius 3 is 2.33 bits per heavy atom. The van der Waals surface area contributed by atoms with Crippen molar-refractivity contribution in [1.82, 2.24) is 10.3 Å². The first-order chi connectivity index (χ1) is 10.1. The Hall–Kier alpha value is -1.94. The molecule has 0 bridgehead atoms. The van der Waals surface area contributed by atoms with Crippen molar-refractivity contribution in [3.05, 3.63) is 59.3 Å². The maximum Gasteiger partial charge on any atom is 0.172 e. The Morgan fingerprint density at radius 2 is 1.76 bits per heavy atom. The van der Waals surface area contributed by atoms with E-state index in [1.54, 1.807) is 0 Å². The second-order valence-corrected chi connectivity index (χ2v) is 5.60. The maximum absolute atomic E-state index is 5.37. The minimum Gasteiger partial charge on any atom is -0.356 e. The summed E-state index contributed by atoms with van der Waals surface area (Å²) >= 11 is 5.37. The minimum absolute atomic E-state index is 0.205. The Bertz CT molecular complexity index is 590. The van der Waals surface area contributed by atoms with Gasteiger partial charge in [0.15, 0.2) is 5.11 Å². The molecule has 0 fully saturated rings. The van der Waals surface area contributed by atoms with Gasteiger partial charge in [0, 0.05) is 6.20 Å². The monoisotopic (exact) mass is 299 g/mol. The van der Waals surface area contributed by atoms with Crippen molar-refractivity contribution in [3.63, 3.8) is 0 Å². The molecular formula is C17H21N3S. The van der Waals surface area contributed by atoms with E-state index in [1.165, 1.54) is 11.1 Å². The molecule has 0 saturated carbocycles. The molecule has 1 heterocycles. The molecule has 1 aromatic carbocycles. The van der Waals surface area contributed by atoms with E-state index in [2.05, 4.69) is 53.7 Å². The lowest BCUT2D eigenvalue weighted by Crippen LogP contribution is -2.32. The highest BCUT2D eigenvalue weighted by Gasteiger charge is 2.10. The molecule has 1 atom stereocenters. The van der Waals surface area contributed by atoms with E-state index in [-0.39, 0.29) is 6.04 Å². The van der Waals surface area contributed by atoms with Crippen LogP contribution < -0.4 is 10.6 Å². The molecule has 2 rings (SSSR count). The van der Waals surface area contributed by atoms with Gasteiger partial charge in [0.25, 0.3) is 0 Å². The molecule has 0 aliphatic rings. The third-order valence-corrected chi connectivity index (χ3v) is 3.57. The average Bonchev–Trinajstić information content (AvgIpc) is 2.48. The fourth-order valence-electron chi connectivity index (χ4n) is 2.07. The molecule has 1 aromatic heterocycles. The summed E-state index contributed by atoms with van der Waals surface area (Å²) in [5.74, 6) is 0.761. The van der Waals surface area contributed by atoms with Gasteiger partial charge in [-0.25, -0.2) is 4.98 Å². The number of anilines is 1. The summed E-state index contributed by atoms with van der Waals surface area (Å²) in [6.07, 6.45) is 2.79. The van der Waals surface area contributed by atoms with Crippen LogP contribution in [-0.2, 0) is 0 Å². The second-order valence-electron chi connectivity index (χ2n) is 5.19. The first-order valence-corrected chi connectivity index (χ1v) is 7.56. The van der Waals surface area contributed by atoms with E-state index in [0.29, 0.717) is 5.11 Å². The Labute approximate surface area is 131 Å². The van der Waals surface area contributed by atoms with Gasteiger partial charge in [0.05, 0.1) is 6.04 Å². The van der Waals surface area contributed by atoms with Crippen LogP contribution in [0, 0.1) is 13.8 Å². The summed E-state index contributed by atoms with van der Waals surface area (Å²) in [7, 11) is 0. The number of aryl methyl sites for hydroxylation is 2. The van der Waals surface area contributed by atoms with E-state index in [9.17, 15) is 0 Å². The van der Waals surface area contributed by atoms with Crippen LogP contribution in [0.1, 0.15) is 36.1 Å². The lowest BCUT2D eigenvalue weighted by molar-refractivity contribution is 0.629. The highest BCUT2D eigenvalue weighted by atomic mass is 32.1. The van der Waals surface area contributed by atoms with Crippen molar-refractivity contribution in [1.29, 1.82) is 0 Å². The van der Waals surface area contributed by atoms with Crippen molar-refractivity contribution < 1.29 is 0 Å². The van der Waals surface area contributed by atoms with Gasteiger partial charge in [0.1, 0.15) is 5.82 Å². The van der Waals surface area contributed by atoms with Crippen molar-refractivity contribution in [2.24, 2.45) is 0 Å². The van der Waals surface area contributed by atoms with Gasteiger partial charge < -0.3 is 10.6 Å². The van der Waals surface area contributed by atoms with Crippen LogP contribution in [0.5, 0.6) is 0 Å². The summed E-state index contributed by atoms with van der Waals surface area (Å²) in [4.78, 5) is 4.30. The molecule has 0 unspecified atom stereocenters. The fourth-order valence-corrected chi connectivity index (χ4v) is 2.32. The van der Waals surface area contributed by atoms with E-state index in [4.69, 9.17) is 12.2 Å². The number of pyridine rings is 1. The summed E-state index contributed by atoms with van der Waals surface area (Å²) < 4.78 is 0. The SMILES string of the molecule is CC[C@@H](NC(=S)Nc1ccc(C)cn1)c1ccc(C)cc1. The predicted octanol–water partition coefficient (Wildman–Crippen LogP) is 4.14. The van der Waals surface area contributed by atoms with Crippen LogP contribution in [0.25, 0.3) is 0 Å². The first kappa shape index (κ1) is 15.4.